The Kier molecular flexibility index (Phi) is 7.76. The van der Waals surface area contributed by atoms with Crippen molar-refractivity contribution in [3.8, 4) is 11.4 Å². The average molecular weight is 676 g/mol. The molecule has 5 heterocycles. The number of para-hydroxylation sites is 1. The summed E-state index contributed by atoms with van der Waals surface area (Å²) in [5.74, 6) is 0.290. The van der Waals surface area contributed by atoms with Crippen molar-refractivity contribution < 1.29 is 13.9 Å². The Morgan fingerprint density at radius 3 is 2.33 bits per heavy atom. The smallest absolute Gasteiger partial charge is 0.298 e. The number of aromatic nitrogens is 4. The molecule has 1 saturated heterocycles. The minimum atomic E-state index is -0.471. The number of carbonyl (C=O) groups is 1. The number of hydrogen-bond acceptors (Lipinski definition) is 11. The lowest BCUT2D eigenvalue weighted by Crippen LogP contribution is -2.47. The van der Waals surface area contributed by atoms with Crippen molar-refractivity contribution in [1.82, 2.24) is 19.5 Å². The van der Waals surface area contributed by atoms with Crippen LogP contribution in [0.1, 0.15) is 9.67 Å². The Labute approximate surface area is 283 Å². The van der Waals surface area contributed by atoms with Gasteiger partial charge in [-0.25, -0.2) is 19.3 Å². The zero-order valence-electron chi connectivity index (χ0n) is 26.1. The van der Waals surface area contributed by atoms with Crippen LogP contribution in [0.5, 0.6) is 5.75 Å². The third-order valence-corrected chi connectivity index (χ3v) is 9.61. The normalized spacial score (nSPS) is 14.4. The number of nitrogens with two attached hydrogens (primary N) is 1. The molecule has 246 valence electrons. The monoisotopic (exact) mass is 675 g/mol. The molecule has 12 nitrogen and oxygen atoms in total. The molecule has 2 aliphatic rings. The van der Waals surface area contributed by atoms with E-state index in [-0.39, 0.29) is 11.7 Å². The van der Waals surface area contributed by atoms with Crippen molar-refractivity contribution in [2.24, 2.45) is 0 Å². The summed E-state index contributed by atoms with van der Waals surface area (Å²) < 4.78 is 20.6. The first-order valence-electron chi connectivity index (χ1n) is 15.7. The molecule has 0 spiro atoms. The maximum Gasteiger partial charge on any atom is 0.298 e. The van der Waals surface area contributed by atoms with Crippen molar-refractivity contribution in [2.45, 2.75) is 0 Å². The molecule has 3 aromatic heterocycles. The van der Waals surface area contributed by atoms with E-state index >= 15 is 0 Å². The predicted octanol–water partition coefficient (Wildman–Crippen LogP) is 5.07. The van der Waals surface area contributed by atoms with Crippen LogP contribution < -0.4 is 36.0 Å². The van der Waals surface area contributed by atoms with Gasteiger partial charge in [0.15, 0.2) is 11.6 Å². The van der Waals surface area contributed by atoms with Gasteiger partial charge in [-0.2, -0.15) is 0 Å². The van der Waals surface area contributed by atoms with Crippen LogP contribution in [0.2, 0.25) is 0 Å². The van der Waals surface area contributed by atoms with Gasteiger partial charge < -0.3 is 30.5 Å². The molecule has 1 fully saturated rings. The van der Waals surface area contributed by atoms with Crippen LogP contribution in [-0.2, 0) is 0 Å². The van der Waals surface area contributed by atoms with Gasteiger partial charge in [0.05, 0.1) is 40.7 Å². The summed E-state index contributed by atoms with van der Waals surface area (Å²) in [7, 11) is 0. The van der Waals surface area contributed by atoms with Crippen molar-refractivity contribution >= 4 is 62.1 Å². The van der Waals surface area contributed by atoms with E-state index in [2.05, 4.69) is 30.1 Å². The molecule has 3 aromatic carbocycles. The van der Waals surface area contributed by atoms with E-state index in [9.17, 15) is 14.0 Å². The molecule has 0 radical (unpaired) electrons. The third kappa shape index (κ3) is 5.86. The Balaban J connectivity index is 1.01. The number of nitrogen functional groups attached to an aromatic ring is 1. The molecule has 0 bridgehead atoms. The lowest BCUT2D eigenvalue weighted by Gasteiger charge is -2.36. The number of halogens is 1. The van der Waals surface area contributed by atoms with Crippen LogP contribution >= 0.6 is 11.3 Å². The van der Waals surface area contributed by atoms with Crippen LogP contribution in [0.3, 0.4) is 0 Å². The predicted molar refractivity (Wildman–Crippen MR) is 189 cm³/mol. The number of nitrogens with zero attached hydrogens (tertiary/aromatic N) is 7. The maximum absolute atomic E-state index is 13.4. The van der Waals surface area contributed by atoms with Gasteiger partial charge in [-0.1, -0.05) is 18.2 Å². The standard InChI is InChI=1S/C35H30FN9O3S/c36-22-20-38-35(39-21-22)43-14-12-42(13-15-43)24-8-6-23(7-9-24)40-32(46)30-19-28-33(49-30)41-31(37)34(47)45(28)26-10-11-29-27(18-26)44(16-17-48-29)25-4-2-1-3-5-25/h1-11,18-21H,12-17H2,(H2,37,41)(H,40,46). The molecule has 0 aliphatic carbocycles. The number of piperazine rings is 1. The minimum absolute atomic E-state index is 0.156. The molecule has 1 amide bonds. The molecule has 14 heteroatoms. The van der Waals surface area contributed by atoms with Crippen LogP contribution in [0.15, 0.2) is 96.1 Å². The molecule has 0 atom stereocenters. The molecule has 49 heavy (non-hydrogen) atoms. The summed E-state index contributed by atoms with van der Waals surface area (Å²) in [6, 6.07) is 24.9. The average Bonchev–Trinajstić information content (AvgIpc) is 3.56. The SMILES string of the molecule is Nc1nc2sc(C(=O)Nc3ccc(N4CCN(c5ncc(F)cn5)CC4)cc3)cc2n(-c2ccc3c(c2)N(c2ccccc2)CCO3)c1=O. The fourth-order valence-electron chi connectivity index (χ4n) is 6.16. The van der Waals surface area contributed by atoms with E-state index < -0.39 is 11.4 Å². The topological polar surface area (TPSA) is 135 Å². The molecular weight excluding hydrogens is 646 g/mol. The van der Waals surface area contributed by atoms with Crippen LogP contribution in [-0.4, -0.2) is 64.8 Å². The number of anilines is 6. The number of rotatable bonds is 6. The zero-order valence-corrected chi connectivity index (χ0v) is 26.9. The van der Waals surface area contributed by atoms with Gasteiger partial charge in [0.25, 0.3) is 11.5 Å². The zero-order chi connectivity index (χ0) is 33.5. The Hall–Kier alpha value is -6.02. The Morgan fingerprint density at radius 2 is 1.57 bits per heavy atom. The van der Waals surface area contributed by atoms with Gasteiger partial charge in [0.1, 0.15) is 17.2 Å². The molecular formula is C35H30FN9O3S. The second-order valence-corrected chi connectivity index (χ2v) is 12.6. The molecule has 3 N–H and O–H groups in total. The fraction of sp³-hybridized carbons (Fsp3) is 0.171. The summed E-state index contributed by atoms with van der Waals surface area (Å²) in [5, 5.41) is 2.96. The van der Waals surface area contributed by atoms with Gasteiger partial charge in [-0.15, -0.1) is 11.3 Å². The lowest BCUT2D eigenvalue weighted by atomic mass is 10.1. The van der Waals surface area contributed by atoms with E-state index in [1.54, 1.807) is 6.07 Å². The van der Waals surface area contributed by atoms with Gasteiger partial charge in [-0.3, -0.25) is 14.2 Å². The quantitative estimate of drug-likeness (QED) is 0.247. The third-order valence-electron chi connectivity index (χ3n) is 8.59. The summed E-state index contributed by atoms with van der Waals surface area (Å²) in [5.41, 5.74) is 10.2. The minimum Gasteiger partial charge on any atom is -0.490 e. The number of nitrogens with one attached hydrogen (secondary N) is 1. The highest BCUT2D eigenvalue weighted by Crippen LogP contribution is 2.38. The van der Waals surface area contributed by atoms with Crippen molar-refractivity contribution in [2.75, 3.05) is 65.1 Å². The first-order valence-corrected chi connectivity index (χ1v) is 16.5. The summed E-state index contributed by atoms with van der Waals surface area (Å²) in [4.78, 5) is 46.7. The van der Waals surface area contributed by atoms with Crippen LogP contribution in [0, 0.1) is 5.82 Å². The van der Waals surface area contributed by atoms with E-state index in [1.165, 1.54) is 28.3 Å². The van der Waals surface area contributed by atoms with Crippen LogP contribution in [0.25, 0.3) is 16.0 Å². The highest BCUT2D eigenvalue weighted by atomic mass is 32.1. The fourth-order valence-corrected chi connectivity index (χ4v) is 7.09. The number of amides is 1. The summed E-state index contributed by atoms with van der Waals surface area (Å²) in [6.45, 7) is 4.07. The van der Waals surface area contributed by atoms with E-state index in [1.807, 2.05) is 77.7 Å². The van der Waals surface area contributed by atoms with E-state index in [0.717, 1.165) is 30.2 Å². The molecule has 8 rings (SSSR count). The maximum atomic E-state index is 13.4. The van der Waals surface area contributed by atoms with Gasteiger partial charge in [-0.05, 0) is 60.7 Å². The van der Waals surface area contributed by atoms with E-state index in [0.29, 0.717) is 64.5 Å². The number of fused-ring (bicyclic) bond motifs is 2. The summed E-state index contributed by atoms with van der Waals surface area (Å²) >= 11 is 1.17. The molecule has 6 aromatic rings. The second kappa shape index (κ2) is 12.5. The number of ether oxygens (including phenoxy) is 1. The second-order valence-electron chi connectivity index (χ2n) is 11.6. The van der Waals surface area contributed by atoms with Crippen LogP contribution in [0.4, 0.5) is 38.9 Å². The Morgan fingerprint density at radius 1 is 0.857 bits per heavy atom. The van der Waals surface area contributed by atoms with Crippen molar-refractivity contribution in [1.29, 1.82) is 0 Å². The number of thiophene rings is 1. The number of hydrogen-bond donors (Lipinski definition) is 2. The first kappa shape index (κ1) is 30.3. The molecule has 0 unspecified atom stereocenters. The van der Waals surface area contributed by atoms with Crippen molar-refractivity contribution in [3.63, 3.8) is 0 Å². The molecule has 0 saturated carbocycles. The number of carbonyl (C=O) groups excluding carboxylic acids is 1. The summed E-state index contributed by atoms with van der Waals surface area (Å²) in [6.07, 6.45) is 2.35. The van der Waals surface area contributed by atoms with Crippen molar-refractivity contribution in [3.05, 3.63) is 112 Å². The van der Waals surface area contributed by atoms with Gasteiger partial charge in [0.2, 0.25) is 5.95 Å². The van der Waals surface area contributed by atoms with Gasteiger partial charge >= 0.3 is 0 Å². The lowest BCUT2D eigenvalue weighted by molar-refractivity contribution is 0.103. The van der Waals surface area contributed by atoms with E-state index in [4.69, 9.17) is 10.5 Å². The Bertz CT molecular complexity index is 2220. The molecule has 2 aliphatic heterocycles. The largest absolute Gasteiger partial charge is 0.490 e. The highest BCUT2D eigenvalue weighted by molar-refractivity contribution is 7.20. The first-order chi connectivity index (χ1) is 23.9. The highest BCUT2D eigenvalue weighted by Gasteiger charge is 2.24. The number of benzene rings is 3. The van der Waals surface area contributed by atoms with Gasteiger partial charge in [0, 0.05) is 43.2 Å².